The van der Waals surface area contributed by atoms with Crippen molar-refractivity contribution in [3.63, 3.8) is 0 Å². The highest BCUT2D eigenvalue weighted by Gasteiger charge is 2.22. The first kappa shape index (κ1) is 24.9. The van der Waals surface area contributed by atoms with Crippen LogP contribution in [-0.2, 0) is 4.79 Å². The molecule has 0 aliphatic heterocycles. The van der Waals surface area contributed by atoms with Gasteiger partial charge in [-0.25, -0.2) is 4.79 Å². The molecule has 0 aliphatic rings. The Kier molecular flexibility index (Phi) is 12.1. The van der Waals surface area contributed by atoms with Crippen LogP contribution in [0.25, 0.3) is 0 Å². The molecule has 150 valence electrons. The number of rotatable bonds is 16. The molecule has 1 atom stereocenters. The maximum atomic E-state index is 10.9. The van der Waals surface area contributed by atoms with Crippen molar-refractivity contribution in [2.75, 3.05) is 0 Å². The molecular weight excluding hydrogens is 336 g/mol. The maximum absolute atomic E-state index is 10.9. The van der Waals surface area contributed by atoms with Crippen LogP contribution in [0.5, 0.6) is 0 Å². The van der Waals surface area contributed by atoms with E-state index < -0.39 is 12.1 Å². The molecule has 2 N–H and O–H groups in total. The summed E-state index contributed by atoms with van der Waals surface area (Å²) in [6.45, 7) is 25.6. The van der Waals surface area contributed by atoms with Crippen molar-refractivity contribution in [1.82, 2.24) is 0 Å². The van der Waals surface area contributed by atoms with Gasteiger partial charge in [0, 0.05) is 0 Å². The number of carbonyl (C=O) groups is 1. The second-order valence-corrected chi connectivity index (χ2v) is 7.01. The van der Waals surface area contributed by atoms with E-state index in [9.17, 15) is 9.90 Å². The van der Waals surface area contributed by atoms with Gasteiger partial charge >= 0.3 is 5.97 Å². The van der Waals surface area contributed by atoms with Crippen molar-refractivity contribution >= 4 is 5.97 Å². The summed E-state index contributed by atoms with van der Waals surface area (Å²) in [4.78, 5) is 10.9. The lowest BCUT2D eigenvalue weighted by atomic mass is 9.87. The summed E-state index contributed by atoms with van der Waals surface area (Å²) in [5.74, 6) is -1.38. The van der Waals surface area contributed by atoms with Crippen LogP contribution in [0, 0.1) is 0 Å². The number of aliphatic carboxylic acids is 1. The first-order valence-corrected chi connectivity index (χ1v) is 9.70. The Morgan fingerprint density at radius 3 is 1.67 bits per heavy atom. The zero-order valence-corrected chi connectivity index (χ0v) is 17.0. The Hall–Kier alpha value is -2.13. The lowest BCUT2D eigenvalue weighted by Crippen LogP contribution is -2.22. The van der Waals surface area contributed by atoms with E-state index in [-0.39, 0.29) is 11.1 Å². The first-order valence-electron chi connectivity index (χ1n) is 9.70. The van der Waals surface area contributed by atoms with E-state index in [1.54, 1.807) is 0 Å². The molecule has 0 aromatic rings. The van der Waals surface area contributed by atoms with Gasteiger partial charge in [-0.05, 0) is 46.3 Å². The number of carboxylic acids is 1. The predicted molar refractivity (Wildman–Crippen MR) is 116 cm³/mol. The molecule has 0 fully saturated rings. The smallest absolute Gasteiger partial charge is 0.337 e. The lowest BCUT2D eigenvalue weighted by molar-refractivity contribution is -0.144. The lowest BCUT2D eigenvalue weighted by Gasteiger charge is -2.19. The fourth-order valence-corrected chi connectivity index (χ4v) is 2.71. The minimum atomic E-state index is -1.71. The molecule has 3 nitrogen and oxygen atoms in total. The Morgan fingerprint density at radius 2 is 1.19 bits per heavy atom. The van der Waals surface area contributed by atoms with Crippen LogP contribution in [0.15, 0.2) is 72.9 Å². The topological polar surface area (TPSA) is 57.5 Å². The SMILES string of the molecule is C=C(CCCCCCCCCC)C(=C)C(=C)C(=C)C(=C)C(=C)C(O)C(=O)O. The molecule has 0 aromatic carbocycles. The van der Waals surface area contributed by atoms with E-state index in [0.717, 1.165) is 18.4 Å². The Bertz CT molecular complexity index is 607. The third kappa shape index (κ3) is 8.87. The molecule has 0 amide bonds. The largest absolute Gasteiger partial charge is 0.479 e. The van der Waals surface area contributed by atoms with Crippen LogP contribution in [0.4, 0.5) is 0 Å². The number of hydrogen-bond acceptors (Lipinski definition) is 2. The van der Waals surface area contributed by atoms with E-state index >= 15 is 0 Å². The van der Waals surface area contributed by atoms with Gasteiger partial charge in [0.25, 0.3) is 0 Å². The number of allylic oxidation sites excluding steroid dienone is 4. The molecular formula is C24H36O3. The summed E-state index contributed by atoms with van der Waals surface area (Å²) >= 11 is 0. The maximum Gasteiger partial charge on any atom is 0.337 e. The molecule has 0 aromatic heterocycles. The summed E-state index contributed by atoms with van der Waals surface area (Å²) in [6, 6.07) is 0. The van der Waals surface area contributed by atoms with Crippen LogP contribution in [0.2, 0.25) is 0 Å². The average molecular weight is 373 g/mol. The molecule has 0 heterocycles. The molecule has 0 radical (unpaired) electrons. The molecule has 0 spiro atoms. The van der Waals surface area contributed by atoms with E-state index in [2.05, 4.69) is 46.4 Å². The zero-order valence-electron chi connectivity index (χ0n) is 17.0. The minimum Gasteiger partial charge on any atom is -0.479 e. The number of unbranched alkanes of at least 4 members (excludes halogenated alkanes) is 7. The molecule has 3 heteroatoms. The van der Waals surface area contributed by atoms with Crippen molar-refractivity contribution in [3.05, 3.63) is 72.9 Å². The summed E-state index contributed by atoms with van der Waals surface area (Å²) in [5.41, 5.74) is 2.79. The fourth-order valence-electron chi connectivity index (χ4n) is 2.71. The highest BCUT2D eigenvalue weighted by atomic mass is 16.4. The third-order valence-electron chi connectivity index (χ3n) is 4.80. The quantitative estimate of drug-likeness (QED) is 0.247. The number of aliphatic hydroxyl groups excluding tert-OH is 1. The normalized spacial score (nSPS) is 11.5. The number of carboxylic acid groups (broad SMARTS) is 1. The molecule has 0 aliphatic carbocycles. The van der Waals surface area contributed by atoms with Crippen molar-refractivity contribution < 1.29 is 15.0 Å². The highest BCUT2D eigenvalue weighted by molar-refractivity contribution is 5.79. The Balaban J connectivity index is 4.38. The Morgan fingerprint density at radius 1 is 0.741 bits per heavy atom. The second kappa shape index (κ2) is 13.1. The molecule has 0 rings (SSSR count). The molecule has 27 heavy (non-hydrogen) atoms. The standard InChI is InChI=1S/C24H36O3/c1-8-9-10-11-12-13-14-15-16-17(2)18(3)19(4)20(5)21(6)22(7)23(25)24(26)27/h23,25H,2-16H2,1H3,(H,26,27). The third-order valence-corrected chi connectivity index (χ3v) is 4.80. The van der Waals surface area contributed by atoms with Crippen molar-refractivity contribution in [2.45, 2.75) is 70.8 Å². The van der Waals surface area contributed by atoms with E-state index in [1.165, 1.54) is 44.9 Å². The average Bonchev–Trinajstić information content (AvgIpc) is 2.65. The summed E-state index contributed by atoms with van der Waals surface area (Å²) < 4.78 is 0. The molecule has 0 bridgehead atoms. The van der Waals surface area contributed by atoms with Crippen molar-refractivity contribution in [2.24, 2.45) is 0 Å². The van der Waals surface area contributed by atoms with Crippen LogP contribution in [-0.4, -0.2) is 22.3 Å². The zero-order chi connectivity index (χ0) is 21.0. The van der Waals surface area contributed by atoms with Gasteiger partial charge in [-0.3, -0.25) is 0 Å². The van der Waals surface area contributed by atoms with Gasteiger partial charge in [-0.2, -0.15) is 0 Å². The summed E-state index contributed by atoms with van der Waals surface area (Å²) in [7, 11) is 0. The fraction of sp³-hybridized carbons (Fsp3) is 0.458. The van der Waals surface area contributed by atoms with Crippen LogP contribution >= 0.6 is 0 Å². The summed E-state index contributed by atoms with van der Waals surface area (Å²) in [5, 5.41) is 18.5. The molecule has 0 saturated carbocycles. The molecule has 0 saturated heterocycles. The van der Waals surface area contributed by atoms with Gasteiger partial charge < -0.3 is 10.2 Å². The van der Waals surface area contributed by atoms with Crippen molar-refractivity contribution in [3.8, 4) is 0 Å². The number of aliphatic hydroxyl groups is 1. The van der Waals surface area contributed by atoms with E-state index in [4.69, 9.17) is 5.11 Å². The van der Waals surface area contributed by atoms with Gasteiger partial charge in [-0.15, -0.1) is 0 Å². The first-order chi connectivity index (χ1) is 12.6. The highest BCUT2D eigenvalue weighted by Crippen LogP contribution is 2.31. The van der Waals surface area contributed by atoms with Crippen LogP contribution < -0.4 is 0 Å². The van der Waals surface area contributed by atoms with E-state index in [0.29, 0.717) is 16.7 Å². The van der Waals surface area contributed by atoms with Gasteiger partial charge in [0.15, 0.2) is 6.10 Å². The van der Waals surface area contributed by atoms with Crippen LogP contribution in [0.3, 0.4) is 0 Å². The van der Waals surface area contributed by atoms with E-state index in [1.807, 2.05) is 0 Å². The minimum absolute atomic E-state index is 0.00450. The van der Waals surface area contributed by atoms with Gasteiger partial charge in [0.1, 0.15) is 0 Å². The monoisotopic (exact) mass is 372 g/mol. The van der Waals surface area contributed by atoms with Crippen molar-refractivity contribution in [1.29, 1.82) is 0 Å². The van der Waals surface area contributed by atoms with Crippen LogP contribution in [0.1, 0.15) is 64.7 Å². The Labute approximate surface area is 165 Å². The second-order valence-electron chi connectivity index (χ2n) is 7.01. The number of hydrogen-bond donors (Lipinski definition) is 2. The predicted octanol–water partition coefficient (Wildman–Crippen LogP) is 6.30. The van der Waals surface area contributed by atoms with Gasteiger partial charge in [0.05, 0.1) is 0 Å². The summed E-state index contributed by atoms with van der Waals surface area (Å²) in [6.07, 6.45) is 9.10. The van der Waals surface area contributed by atoms with Gasteiger partial charge in [0.2, 0.25) is 0 Å². The van der Waals surface area contributed by atoms with Gasteiger partial charge in [-0.1, -0.05) is 91.3 Å². The molecule has 1 unspecified atom stereocenters.